The number of likely N-dealkylation sites (tertiary alicyclic amines) is 1. The topological polar surface area (TPSA) is 53.4 Å². The Bertz CT molecular complexity index is 737. The maximum Gasteiger partial charge on any atom is 0.321 e. The summed E-state index contributed by atoms with van der Waals surface area (Å²) in [6, 6.07) is 7.91. The molecule has 0 saturated carbocycles. The van der Waals surface area contributed by atoms with Crippen LogP contribution in [-0.2, 0) is 6.54 Å². The molecule has 0 spiro atoms. The molecule has 3 rings (SSSR count). The van der Waals surface area contributed by atoms with Crippen LogP contribution in [0.5, 0.6) is 0 Å². The second-order valence-electron chi connectivity index (χ2n) is 7.72. The minimum atomic E-state index is -0.0192. The van der Waals surface area contributed by atoms with E-state index in [2.05, 4.69) is 40.1 Å². The molecule has 6 nitrogen and oxygen atoms in total. The third kappa shape index (κ3) is 5.32. The molecule has 0 unspecified atom stereocenters. The van der Waals surface area contributed by atoms with Gasteiger partial charge in [-0.3, -0.25) is 0 Å². The molecule has 146 valence electrons. The van der Waals surface area contributed by atoms with Crippen molar-refractivity contribution < 1.29 is 4.79 Å². The van der Waals surface area contributed by atoms with Gasteiger partial charge < -0.3 is 19.7 Å². The zero-order valence-corrected chi connectivity index (χ0v) is 16.7. The van der Waals surface area contributed by atoms with E-state index in [0.29, 0.717) is 5.92 Å². The largest absolute Gasteiger partial charge is 0.335 e. The van der Waals surface area contributed by atoms with E-state index in [1.807, 2.05) is 42.3 Å². The minimum Gasteiger partial charge on any atom is -0.335 e. The van der Waals surface area contributed by atoms with Crippen LogP contribution in [0.15, 0.2) is 36.7 Å². The molecule has 0 radical (unpaired) electrons. The molecule has 2 aromatic rings. The highest BCUT2D eigenvalue weighted by atomic mass is 16.2. The van der Waals surface area contributed by atoms with E-state index in [1.54, 1.807) is 0 Å². The highest BCUT2D eigenvalue weighted by Gasteiger charge is 2.27. The van der Waals surface area contributed by atoms with Gasteiger partial charge in [-0.05, 0) is 59.0 Å². The lowest BCUT2D eigenvalue weighted by Gasteiger charge is -2.32. The van der Waals surface area contributed by atoms with Crippen molar-refractivity contribution >= 4 is 11.7 Å². The van der Waals surface area contributed by atoms with E-state index < -0.39 is 0 Å². The maximum atomic E-state index is 12.7. The zero-order valence-electron chi connectivity index (χ0n) is 16.7. The van der Waals surface area contributed by atoms with Gasteiger partial charge in [-0.25, -0.2) is 9.78 Å². The van der Waals surface area contributed by atoms with E-state index in [9.17, 15) is 4.79 Å². The first-order valence-corrected chi connectivity index (χ1v) is 9.81. The highest BCUT2D eigenvalue weighted by Crippen LogP contribution is 2.26. The van der Waals surface area contributed by atoms with Gasteiger partial charge in [-0.1, -0.05) is 17.7 Å². The number of nitrogens with zero attached hydrogens (tertiary/aromatic N) is 4. The number of hydrogen-bond acceptors (Lipinski definition) is 3. The van der Waals surface area contributed by atoms with Gasteiger partial charge in [-0.15, -0.1) is 0 Å². The Morgan fingerprint density at radius 2 is 2.07 bits per heavy atom. The summed E-state index contributed by atoms with van der Waals surface area (Å²) in [5, 5.41) is 3.02. The van der Waals surface area contributed by atoms with Crippen LogP contribution in [-0.4, -0.2) is 59.1 Å². The standard InChI is InChI=1S/C21H31N5O/c1-17-7-9-19(10-8-17)23-21(27)26-13-4-6-18(16-26)20-22-11-15-25(20)14-5-12-24(2)3/h7-11,15,18H,4-6,12-14,16H2,1-3H3,(H,23,27)/t18-/m0/s1. The summed E-state index contributed by atoms with van der Waals surface area (Å²) in [5.41, 5.74) is 2.03. The molecule has 1 aliphatic heterocycles. The monoisotopic (exact) mass is 369 g/mol. The van der Waals surface area contributed by atoms with Gasteiger partial charge in [-0.2, -0.15) is 0 Å². The van der Waals surface area contributed by atoms with Crippen molar-refractivity contribution in [2.45, 2.75) is 38.6 Å². The Morgan fingerprint density at radius 3 is 2.81 bits per heavy atom. The molecule has 1 aliphatic rings. The molecule has 0 bridgehead atoms. The van der Waals surface area contributed by atoms with Gasteiger partial charge in [0.1, 0.15) is 5.82 Å². The summed E-state index contributed by atoms with van der Waals surface area (Å²) in [4.78, 5) is 21.4. The lowest BCUT2D eigenvalue weighted by Crippen LogP contribution is -2.42. The summed E-state index contributed by atoms with van der Waals surface area (Å²) < 4.78 is 2.26. The van der Waals surface area contributed by atoms with Crippen LogP contribution in [0.3, 0.4) is 0 Å². The number of carbonyl (C=O) groups is 1. The number of piperidine rings is 1. The van der Waals surface area contributed by atoms with Gasteiger partial charge >= 0.3 is 6.03 Å². The lowest BCUT2D eigenvalue weighted by molar-refractivity contribution is 0.190. The SMILES string of the molecule is Cc1ccc(NC(=O)N2CCC[C@H](c3nccn3CCCN(C)C)C2)cc1. The molecular formula is C21H31N5O. The number of rotatable bonds is 6. The summed E-state index contributed by atoms with van der Waals surface area (Å²) >= 11 is 0. The van der Waals surface area contributed by atoms with E-state index >= 15 is 0 Å². The van der Waals surface area contributed by atoms with Crippen LogP contribution in [0, 0.1) is 6.92 Å². The number of imidazole rings is 1. The average molecular weight is 370 g/mol. The first kappa shape index (κ1) is 19.4. The Hall–Kier alpha value is -2.34. The summed E-state index contributed by atoms with van der Waals surface area (Å²) in [6.45, 7) is 5.60. The van der Waals surface area contributed by atoms with Gasteiger partial charge in [0.05, 0.1) is 0 Å². The quantitative estimate of drug-likeness (QED) is 0.847. The van der Waals surface area contributed by atoms with Gasteiger partial charge in [0.15, 0.2) is 0 Å². The first-order chi connectivity index (χ1) is 13.0. The average Bonchev–Trinajstić information content (AvgIpc) is 3.12. The van der Waals surface area contributed by atoms with Crippen molar-refractivity contribution in [2.75, 3.05) is 39.0 Å². The van der Waals surface area contributed by atoms with Crippen molar-refractivity contribution in [3.8, 4) is 0 Å². The minimum absolute atomic E-state index is 0.0192. The van der Waals surface area contributed by atoms with Crippen molar-refractivity contribution in [3.63, 3.8) is 0 Å². The van der Waals surface area contributed by atoms with Crippen LogP contribution in [0.1, 0.15) is 36.6 Å². The van der Waals surface area contributed by atoms with Crippen molar-refractivity contribution in [1.29, 1.82) is 0 Å². The molecule has 2 amide bonds. The molecule has 6 heteroatoms. The Morgan fingerprint density at radius 1 is 1.30 bits per heavy atom. The Kier molecular flexibility index (Phi) is 6.50. The summed E-state index contributed by atoms with van der Waals surface area (Å²) in [6.07, 6.45) is 7.14. The Balaban J connectivity index is 1.60. The third-order valence-corrected chi connectivity index (χ3v) is 5.13. The van der Waals surface area contributed by atoms with Crippen molar-refractivity contribution in [3.05, 3.63) is 48.0 Å². The number of aryl methyl sites for hydroxylation is 2. The fraction of sp³-hybridized carbons (Fsp3) is 0.524. The molecule has 1 fully saturated rings. The first-order valence-electron chi connectivity index (χ1n) is 9.81. The number of aromatic nitrogens is 2. The van der Waals surface area contributed by atoms with Crippen LogP contribution < -0.4 is 5.32 Å². The Labute approximate surface area is 162 Å². The predicted octanol–water partition coefficient (Wildman–Crippen LogP) is 3.55. The number of anilines is 1. The number of urea groups is 1. The molecule has 1 saturated heterocycles. The maximum absolute atomic E-state index is 12.7. The molecule has 0 aliphatic carbocycles. The number of nitrogens with one attached hydrogen (secondary N) is 1. The molecule has 27 heavy (non-hydrogen) atoms. The van der Waals surface area contributed by atoms with E-state index in [0.717, 1.165) is 57.0 Å². The van der Waals surface area contributed by atoms with Crippen molar-refractivity contribution in [2.24, 2.45) is 0 Å². The van der Waals surface area contributed by atoms with Gasteiger partial charge in [0, 0.05) is 43.6 Å². The van der Waals surface area contributed by atoms with E-state index in [1.165, 1.54) is 5.56 Å². The molecular weight excluding hydrogens is 338 g/mol. The molecule has 2 heterocycles. The second kappa shape index (κ2) is 9.04. The van der Waals surface area contributed by atoms with Crippen LogP contribution in [0.2, 0.25) is 0 Å². The molecule has 1 aromatic carbocycles. The number of carbonyl (C=O) groups excluding carboxylic acids is 1. The van der Waals surface area contributed by atoms with Crippen LogP contribution in [0.25, 0.3) is 0 Å². The predicted molar refractivity (Wildman–Crippen MR) is 109 cm³/mol. The number of benzene rings is 1. The molecule has 1 aromatic heterocycles. The second-order valence-corrected chi connectivity index (χ2v) is 7.72. The van der Waals surface area contributed by atoms with Crippen molar-refractivity contribution in [1.82, 2.24) is 19.4 Å². The molecule has 1 N–H and O–H groups in total. The van der Waals surface area contributed by atoms with Gasteiger partial charge in [0.25, 0.3) is 0 Å². The third-order valence-electron chi connectivity index (χ3n) is 5.13. The molecule has 1 atom stereocenters. The summed E-state index contributed by atoms with van der Waals surface area (Å²) in [5.74, 6) is 1.42. The van der Waals surface area contributed by atoms with E-state index in [4.69, 9.17) is 0 Å². The summed E-state index contributed by atoms with van der Waals surface area (Å²) in [7, 11) is 4.20. The normalized spacial score (nSPS) is 17.3. The number of amides is 2. The zero-order chi connectivity index (χ0) is 19.2. The number of hydrogen-bond donors (Lipinski definition) is 1. The van der Waals surface area contributed by atoms with Crippen LogP contribution in [0.4, 0.5) is 10.5 Å². The fourth-order valence-corrected chi connectivity index (χ4v) is 3.64. The smallest absolute Gasteiger partial charge is 0.321 e. The highest BCUT2D eigenvalue weighted by molar-refractivity contribution is 5.89. The van der Waals surface area contributed by atoms with Gasteiger partial charge in [0.2, 0.25) is 0 Å². The van der Waals surface area contributed by atoms with Crippen LogP contribution >= 0.6 is 0 Å². The lowest BCUT2D eigenvalue weighted by atomic mass is 9.97. The fourth-order valence-electron chi connectivity index (χ4n) is 3.64. The van der Waals surface area contributed by atoms with E-state index in [-0.39, 0.29) is 6.03 Å².